The summed E-state index contributed by atoms with van der Waals surface area (Å²) in [5.41, 5.74) is 5.52. The highest BCUT2D eigenvalue weighted by molar-refractivity contribution is 5.70. The van der Waals surface area contributed by atoms with Crippen molar-refractivity contribution >= 4 is 0 Å². The van der Waals surface area contributed by atoms with Crippen LogP contribution in [-0.4, -0.2) is 15.1 Å². The lowest BCUT2D eigenvalue weighted by Gasteiger charge is -2.14. The average Bonchev–Trinajstić information content (AvgIpc) is 2.89. The number of phenols is 1. The summed E-state index contributed by atoms with van der Waals surface area (Å²) in [7, 11) is 0. The number of ether oxygens (including phenoxy) is 1. The van der Waals surface area contributed by atoms with Crippen molar-refractivity contribution in [3.63, 3.8) is 0 Å². The summed E-state index contributed by atoms with van der Waals surface area (Å²) in [6.45, 7) is 2.18. The van der Waals surface area contributed by atoms with Crippen LogP contribution in [0.25, 0.3) is 22.5 Å². The van der Waals surface area contributed by atoms with Crippen molar-refractivity contribution in [3.05, 3.63) is 127 Å². The fourth-order valence-corrected chi connectivity index (χ4v) is 3.96. The second-order valence-electron chi connectivity index (χ2n) is 8.11. The van der Waals surface area contributed by atoms with Crippen LogP contribution in [0.5, 0.6) is 17.4 Å². The van der Waals surface area contributed by atoms with Crippen molar-refractivity contribution in [2.24, 2.45) is 0 Å². The van der Waals surface area contributed by atoms with Gasteiger partial charge >= 0.3 is 0 Å². The van der Waals surface area contributed by atoms with Crippen LogP contribution in [0.15, 0.2) is 115 Å². The molecule has 4 nitrogen and oxygen atoms in total. The van der Waals surface area contributed by atoms with Gasteiger partial charge in [-0.2, -0.15) is 0 Å². The van der Waals surface area contributed by atoms with Gasteiger partial charge in [0.25, 0.3) is 0 Å². The zero-order valence-corrected chi connectivity index (χ0v) is 18.8. The Bertz CT molecular complexity index is 1420. The van der Waals surface area contributed by atoms with E-state index >= 15 is 0 Å². The van der Waals surface area contributed by atoms with E-state index in [0.717, 1.165) is 16.8 Å². The Balaban J connectivity index is 1.40. The number of hydrogen-bond donors (Lipinski definition) is 1. The topological polar surface area (TPSA) is 55.2 Å². The Morgan fingerprint density at radius 3 is 2.32 bits per heavy atom. The highest BCUT2D eigenvalue weighted by Gasteiger charge is 2.11. The van der Waals surface area contributed by atoms with Gasteiger partial charge in [0.05, 0.1) is 11.4 Å². The standard InChI is InChI=1S/C30H24N2O2/c1-21(22-9-3-2-4-10-22)23-17-18-31-30(20-23)34-25-12-7-11-24(19-25)27-14-8-15-28(32-27)26-13-5-6-16-29(26)33/h2-21,33H,1H3. The number of aromatic nitrogens is 2. The molecule has 0 spiro atoms. The molecule has 0 fully saturated rings. The van der Waals surface area contributed by atoms with Crippen LogP contribution in [0, 0.1) is 0 Å². The predicted molar refractivity (Wildman–Crippen MR) is 135 cm³/mol. The third kappa shape index (κ3) is 4.66. The maximum Gasteiger partial charge on any atom is 0.219 e. The summed E-state index contributed by atoms with van der Waals surface area (Å²) in [6, 6.07) is 35.2. The number of para-hydroxylation sites is 1. The number of pyridine rings is 2. The van der Waals surface area contributed by atoms with Crippen LogP contribution in [0.1, 0.15) is 24.0 Å². The first-order chi connectivity index (χ1) is 16.7. The molecule has 34 heavy (non-hydrogen) atoms. The molecule has 2 heterocycles. The molecule has 5 rings (SSSR count). The van der Waals surface area contributed by atoms with Gasteiger partial charge < -0.3 is 9.84 Å². The van der Waals surface area contributed by atoms with E-state index in [4.69, 9.17) is 9.72 Å². The summed E-state index contributed by atoms with van der Waals surface area (Å²) in [5, 5.41) is 10.2. The quantitative estimate of drug-likeness (QED) is 0.295. The predicted octanol–water partition coefficient (Wildman–Crippen LogP) is 7.46. The van der Waals surface area contributed by atoms with E-state index in [1.807, 2.05) is 72.8 Å². The van der Waals surface area contributed by atoms with Crippen molar-refractivity contribution in [1.29, 1.82) is 0 Å². The van der Waals surface area contributed by atoms with Gasteiger partial charge in [0.15, 0.2) is 0 Å². The van der Waals surface area contributed by atoms with E-state index in [1.54, 1.807) is 18.3 Å². The molecule has 0 radical (unpaired) electrons. The first kappa shape index (κ1) is 21.4. The van der Waals surface area contributed by atoms with Gasteiger partial charge in [0, 0.05) is 29.3 Å². The van der Waals surface area contributed by atoms with E-state index in [0.29, 0.717) is 22.9 Å². The maximum absolute atomic E-state index is 10.2. The van der Waals surface area contributed by atoms with Crippen LogP contribution in [0.3, 0.4) is 0 Å². The first-order valence-electron chi connectivity index (χ1n) is 11.2. The lowest BCUT2D eigenvalue weighted by Crippen LogP contribution is -1.97. The average molecular weight is 445 g/mol. The largest absolute Gasteiger partial charge is 0.507 e. The lowest BCUT2D eigenvalue weighted by atomic mass is 9.94. The van der Waals surface area contributed by atoms with Gasteiger partial charge in [-0.1, -0.05) is 67.6 Å². The van der Waals surface area contributed by atoms with Crippen LogP contribution < -0.4 is 4.74 Å². The van der Waals surface area contributed by atoms with Crippen LogP contribution in [0.2, 0.25) is 0 Å². The molecule has 3 aromatic carbocycles. The van der Waals surface area contributed by atoms with E-state index in [9.17, 15) is 5.11 Å². The van der Waals surface area contributed by atoms with Gasteiger partial charge in [0.2, 0.25) is 5.88 Å². The highest BCUT2D eigenvalue weighted by Crippen LogP contribution is 2.31. The van der Waals surface area contributed by atoms with E-state index < -0.39 is 0 Å². The van der Waals surface area contributed by atoms with Gasteiger partial charge in [-0.3, -0.25) is 0 Å². The SMILES string of the molecule is CC(c1ccccc1)c1ccnc(Oc2cccc(-c3cccc(-c4ccccc4O)n3)c2)c1. The third-order valence-electron chi connectivity index (χ3n) is 5.84. The minimum atomic E-state index is 0.208. The molecule has 0 aliphatic rings. The van der Waals surface area contributed by atoms with Gasteiger partial charge in [0.1, 0.15) is 11.5 Å². The van der Waals surface area contributed by atoms with E-state index in [2.05, 4.69) is 36.2 Å². The summed E-state index contributed by atoms with van der Waals surface area (Å²) in [5.74, 6) is 1.68. The maximum atomic E-state index is 10.2. The second kappa shape index (κ2) is 9.59. The third-order valence-corrected chi connectivity index (χ3v) is 5.84. The lowest BCUT2D eigenvalue weighted by molar-refractivity contribution is 0.462. The number of hydrogen-bond acceptors (Lipinski definition) is 4. The fourth-order valence-electron chi connectivity index (χ4n) is 3.96. The Kier molecular flexibility index (Phi) is 6.04. The number of phenolic OH excluding ortho intramolecular Hbond substituents is 1. The van der Waals surface area contributed by atoms with Gasteiger partial charge in [-0.05, 0) is 53.6 Å². The number of benzene rings is 3. The Morgan fingerprint density at radius 1 is 0.706 bits per heavy atom. The van der Waals surface area contributed by atoms with Crippen molar-refractivity contribution in [1.82, 2.24) is 9.97 Å². The molecule has 4 heteroatoms. The highest BCUT2D eigenvalue weighted by atomic mass is 16.5. The minimum absolute atomic E-state index is 0.208. The molecule has 0 bridgehead atoms. The first-order valence-corrected chi connectivity index (χ1v) is 11.2. The van der Waals surface area contributed by atoms with Crippen LogP contribution in [0.4, 0.5) is 0 Å². The van der Waals surface area contributed by atoms with Crippen molar-refractivity contribution in [2.75, 3.05) is 0 Å². The molecule has 0 aliphatic heterocycles. The summed E-state index contributed by atoms with van der Waals surface area (Å²) >= 11 is 0. The second-order valence-corrected chi connectivity index (χ2v) is 8.11. The normalized spacial score (nSPS) is 11.7. The Morgan fingerprint density at radius 2 is 1.47 bits per heavy atom. The summed E-state index contributed by atoms with van der Waals surface area (Å²) < 4.78 is 6.12. The molecule has 2 aromatic heterocycles. The smallest absolute Gasteiger partial charge is 0.219 e. The zero-order chi connectivity index (χ0) is 23.3. The van der Waals surface area contributed by atoms with Gasteiger partial charge in [-0.15, -0.1) is 0 Å². The molecule has 1 N–H and O–H groups in total. The Hall–Kier alpha value is -4.44. The molecule has 166 valence electrons. The van der Waals surface area contributed by atoms with Gasteiger partial charge in [-0.25, -0.2) is 9.97 Å². The van der Waals surface area contributed by atoms with Crippen molar-refractivity contribution < 1.29 is 9.84 Å². The van der Waals surface area contributed by atoms with Crippen LogP contribution >= 0.6 is 0 Å². The van der Waals surface area contributed by atoms with Crippen molar-refractivity contribution in [3.8, 4) is 39.9 Å². The molecule has 1 unspecified atom stereocenters. The van der Waals surface area contributed by atoms with Crippen molar-refractivity contribution in [2.45, 2.75) is 12.8 Å². The Labute approximate surface area is 199 Å². The monoisotopic (exact) mass is 444 g/mol. The van der Waals surface area contributed by atoms with E-state index in [-0.39, 0.29) is 11.7 Å². The molecule has 1 atom stereocenters. The molecular formula is C30H24N2O2. The number of rotatable bonds is 6. The molecule has 5 aromatic rings. The van der Waals surface area contributed by atoms with Crippen LogP contribution in [-0.2, 0) is 0 Å². The fraction of sp³-hybridized carbons (Fsp3) is 0.0667. The van der Waals surface area contributed by atoms with E-state index in [1.165, 1.54) is 5.56 Å². The molecule has 0 aliphatic carbocycles. The number of aromatic hydroxyl groups is 1. The molecule has 0 amide bonds. The molecule has 0 saturated carbocycles. The molecule has 0 saturated heterocycles. The zero-order valence-electron chi connectivity index (χ0n) is 18.8. The number of nitrogens with zero attached hydrogens (tertiary/aromatic N) is 2. The minimum Gasteiger partial charge on any atom is -0.507 e. The molecular weight excluding hydrogens is 420 g/mol. The summed E-state index contributed by atoms with van der Waals surface area (Å²) in [6.07, 6.45) is 1.78. The summed E-state index contributed by atoms with van der Waals surface area (Å²) in [4.78, 5) is 9.17.